The Kier molecular flexibility index (Phi) is 4.90. The van der Waals surface area contributed by atoms with Crippen molar-refractivity contribution in [2.75, 3.05) is 31.1 Å². The van der Waals surface area contributed by atoms with Gasteiger partial charge in [0.15, 0.2) is 0 Å². The molecule has 1 heterocycles. The van der Waals surface area contributed by atoms with Crippen molar-refractivity contribution >= 4 is 17.6 Å². The minimum atomic E-state index is -0.438. The van der Waals surface area contributed by atoms with E-state index in [4.69, 9.17) is 4.74 Å². The standard InChI is InChI=1S/C15H19FN2O3/c1-3-21-14(19)10-17-7-8-18(15(20)11(17)2)13-6-4-5-12(16)9-13/h4-6,9,11H,3,7-8,10H2,1-2H3. The molecule has 1 aromatic carbocycles. The Bertz CT molecular complexity index is 535. The monoisotopic (exact) mass is 294 g/mol. The Labute approximate surface area is 123 Å². The van der Waals surface area contributed by atoms with E-state index in [9.17, 15) is 14.0 Å². The van der Waals surface area contributed by atoms with Crippen LogP contribution in [0.25, 0.3) is 0 Å². The van der Waals surface area contributed by atoms with Gasteiger partial charge in [-0.1, -0.05) is 6.07 Å². The van der Waals surface area contributed by atoms with Crippen LogP contribution in [0.3, 0.4) is 0 Å². The number of anilines is 1. The molecule has 1 saturated heterocycles. The molecule has 6 heteroatoms. The van der Waals surface area contributed by atoms with E-state index in [1.54, 1.807) is 35.8 Å². The zero-order valence-corrected chi connectivity index (χ0v) is 12.2. The van der Waals surface area contributed by atoms with Crippen LogP contribution in [0.4, 0.5) is 10.1 Å². The Hall–Kier alpha value is -1.95. The summed E-state index contributed by atoms with van der Waals surface area (Å²) in [5.74, 6) is -0.852. The molecule has 1 fully saturated rings. The lowest BCUT2D eigenvalue weighted by molar-refractivity contribution is -0.145. The number of carbonyl (C=O) groups is 2. The number of halogens is 1. The summed E-state index contributed by atoms with van der Waals surface area (Å²) in [6, 6.07) is 5.52. The normalized spacial score (nSPS) is 19.7. The minimum absolute atomic E-state index is 0.0950. The third kappa shape index (κ3) is 3.58. The van der Waals surface area contributed by atoms with E-state index >= 15 is 0 Å². The molecule has 1 unspecified atom stereocenters. The fraction of sp³-hybridized carbons (Fsp3) is 0.467. The maximum atomic E-state index is 13.3. The van der Waals surface area contributed by atoms with Crippen LogP contribution in [0.1, 0.15) is 13.8 Å². The van der Waals surface area contributed by atoms with Crippen LogP contribution < -0.4 is 4.90 Å². The summed E-state index contributed by atoms with van der Waals surface area (Å²) in [4.78, 5) is 27.2. The Morgan fingerprint density at radius 1 is 1.43 bits per heavy atom. The van der Waals surface area contributed by atoms with Crippen molar-refractivity contribution in [2.45, 2.75) is 19.9 Å². The maximum absolute atomic E-state index is 13.3. The lowest BCUT2D eigenvalue weighted by Crippen LogP contribution is -2.57. The highest BCUT2D eigenvalue weighted by Crippen LogP contribution is 2.21. The molecule has 21 heavy (non-hydrogen) atoms. The van der Waals surface area contributed by atoms with E-state index in [-0.39, 0.29) is 24.2 Å². The van der Waals surface area contributed by atoms with Crippen molar-refractivity contribution in [2.24, 2.45) is 0 Å². The molecule has 0 aromatic heterocycles. The second kappa shape index (κ2) is 6.67. The van der Waals surface area contributed by atoms with Crippen molar-refractivity contribution in [3.05, 3.63) is 30.1 Å². The quantitative estimate of drug-likeness (QED) is 0.788. The molecule has 0 radical (unpaired) electrons. The SMILES string of the molecule is CCOC(=O)CN1CCN(c2cccc(F)c2)C(=O)C1C. The van der Waals surface area contributed by atoms with Crippen molar-refractivity contribution in [3.63, 3.8) is 0 Å². The highest BCUT2D eigenvalue weighted by Gasteiger charge is 2.33. The summed E-state index contributed by atoms with van der Waals surface area (Å²) < 4.78 is 18.2. The summed E-state index contributed by atoms with van der Waals surface area (Å²) in [7, 11) is 0. The van der Waals surface area contributed by atoms with Gasteiger partial charge in [-0.15, -0.1) is 0 Å². The molecule has 1 atom stereocenters. The number of ether oxygens (including phenoxy) is 1. The third-order valence-corrected chi connectivity index (χ3v) is 3.54. The van der Waals surface area contributed by atoms with Crippen molar-refractivity contribution in [1.29, 1.82) is 0 Å². The highest BCUT2D eigenvalue weighted by atomic mass is 19.1. The molecule has 1 aliphatic rings. The van der Waals surface area contributed by atoms with Crippen LogP contribution in [0, 0.1) is 5.82 Å². The van der Waals surface area contributed by atoms with Crippen LogP contribution in [0.15, 0.2) is 24.3 Å². The van der Waals surface area contributed by atoms with Crippen LogP contribution >= 0.6 is 0 Å². The first kappa shape index (κ1) is 15.4. The summed E-state index contributed by atoms with van der Waals surface area (Å²) in [5.41, 5.74) is 0.544. The van der Waals surface area contributed by atoms with E-state index in [1.165, 1.54) is 12.1 Å². The minimum Gasteiger partial charge on any atom is -0.465 e. The molecule has 1 aromatic rings. The van der Waals surface area contributed by atoms with Crippen molar-refractivity contribution in [3.8, 4) is 0 Å². The van der Waals surface area contributed by atoms with Gasteiger partial charge in [0.25, 0.3) is 0 Å². The molecular formula is C15H19FN2O3. The number of hydrogen-bond acceptors (Lipinski definition) is 4. The molecule has 1 amide bonds. The van der Waals surface area contributed by atoms with Gasteiger partial charge in [-0.3, -0.25) is 14.5 Å². The summed E-state index contributed by atoms with van der Waals surface area (Å²) in [5, 5.41) is 0. The first-order valence-corrected chi connectivity index (χ1v) is 6.99. The number of piperazine rings is 1. The number of amides is 1. The van der Waals surface area contributed by atoms with Gasteiger partial charge in [0.2, 0.25) is 5.91 Å². The van der Waals surface area contributed by atoms with E-state index in [2.05, 4.69) is 0 Å². The van der Waals surface area contributed by atoms with Gasteiger partial charge in [0.1, 0.15) is 5.82 Å². The molecule has 2 rings (SSSR count). The van der Waals surface area contributed by atoms with Gasteiger partial charge in [-0.25, -0.2) is 4.39 Å². The van der Waals surface area contributed by atoms with Gasteiger partial charge in [0.05, 0.1) is 19.2 Å². The van der Waals surface area contributed by atoms with E-state index in [0.717, 1.165) is 0 Å². The van der Waals surface area contributed by atoms with Crippen molar-refractivity contribution in [1.82, 2.24) is 4.90 Å². The van der Waals surface area contributed by atoms with Crippen LogP contribution in [0.2, 0.25) is 0 Å². The third-order valence-electron chi connectivity index (χ3n) is 3.54. The second-order valence-corrected chi connectivity index (χ2v) is 4.92. The predicted octanol–water partition coefficient (Wildman–Crippen LogP) is 1.43. The zero-order chi connectivity index (χ0) is 15.4. The predicted molar refractivity (Wildman–Crippen MR) is 76.4 cm³/mol. The molecule has 114 valence electrons. The number of esters is 1. The summed E-state index contributed by atoms with van der Waals surface area (Å²) in [6.45, 7) is 4.87. The Morgan fingerprint density at radius 3 is 2.86 bits per heavy atom. The lowest BCUT2D eigenvalue weighted by Gasteiger charge is -2.38. The summed E-state index contributed by atoms with van der Waals surface area (Å²) in [6.07, 6.45) is 0. The molecular weight excluding hydrogens is 275 g/mol. The Balaban J connectivity index is 2.06. The van der Waals surface area contributed by atoms with Crippen molar-refractivity contribution < 1.29 is 18.7 Å². The molecule has 0 bridgehead atoms. The number of hydrogen-bond donors (Lipinski definition) is 0. The van der Waals surface area contributed by atoms with E-state index in [1.807, 2.05) is 0 Å². The van der Waals surface area contributed by atoms with Gasteiger partial charge in [0, 0.05) is 18.8 Å². The topological polar surface area (TPSA) is 49.9 Å². The molecule has 0 saturated carbocycles. The van der Waals surface area contributed by atoms with Gasteiger partial charge in [-0.2, -0.15) is 0 Å². The van der Waals surface area contributed by atoms with Crippen LogP contribution in [-0.4, -0.2) is 49.1 Å². The second-order valence-electron chi connectivity index (χ2n) is 4.92. The number of nitrogens with zero attached hydrogens (tertiary/aromatic N) is 2. The maximum Gasteiger partial charge on any atom is 0.320 e. The smallest absolute Gasteiger partial charge is 0.320 e. The van der Waals surface area contributed by atoms with Gasteiger partial charge < -0.3 is 9.64 Å². The van der Waals surface area contributed by atoms with Crippen LogP contribution in [0.5, 0.6) is 0 Å². The number of rotatable bonds is 4. The summed E-state index contributed by atoms with van der Waals surface area (Å²) >= 11 is 0. The van der Waals surface area contributed by atoms with Crippen LogP contribution in [-0.2, 0) is 14.3 Å². The van der Waals surface area contributed by atoms with Gasteiger partial charge >= 0.3 is 5.97 Å². The fourth-order valence-corrected chi connectivity index (χ4v) is 2.40. The number of benzene rings is 1. The first-order chi connectivity index (χ1) is 10.0. The average molecular weight is 294 g/mol. The molecule has 1 aliphatic heterocycles. The Morgan fingerprint density at radius 2 is 2.19 bits per heavy atom. The highest BCUT2D eigenvalue weighted by molar-refractivity contribution is 5.98. The molecule has 0 aliphatic carbocycles. The zero-order valence-electron chi connectivity index (χ0n) is 12.2. The van der Waals surface area contributed by atoms with E-state index < -0.39 is 6.04 Å². The fourth-order valence-electron chi connectivity index (χ4n) is 2.40. The largest absolute Gasteiger partial charge is 0.465 e. The molecule has 5 nitrogen and oxygen atoms in total. The average Bonchev–Trinajstić information content (AvgIpc) is 2.44. The lowest BCUT2D eigenvalue weighted by atomic mass is 10.1. The molecule has 0 N–H and O–H groups in total. The molecule has 0 spiro atoms. The van der Waals surface area contributed by atoms with Gasteiger partial charge in [-0.05, 0) is 32.0 Å². The first-order valence-electron chi connectivity index (χ1n) is 6.99. The number of carbonyl (C=O) groups excluding carboxylic acids is 2. The van der Waals surface area contributed by atoms with E-state index in [0.29, 0.717) is 25.4 Å².